The molecule has 0 aliphatic carbocycles. The predicted molar refractivity (Wildman–Crippen MR) is 85.8 cm³/mol. The van der Waals surface area contributed by atoms with Crippen LogP contribution in [0, 0.1) is 0 Å². The molecule has 0 bridgehead atoms. The van der Waals surface area contributed by atoms with Gasteiger partial charge in [0.2, 0.25) is 0 Å². The van der Waals surface area contributed by atoms with E-state index in [0.29, 0.717) is 47.0 Å². The molecule has 0 fully saturated rings. The molecule has 0 radical (unpaired) electrons. The van der Waals surface area contributed by atoms with E-state index in [-0.39, 0.29) is 0 Å². The van der Waals surface area contributed by atoms with Gasteiger partial charge < -0.3 is 0 Å². The van der Waals surface area contributed by atoms with Crippen LogP contribution in [0.25, 0.3) is 0 Å². The number of hydrogen-bond acceptors (Lipinski definition) is 0. The van der Waals surface area contributed by atoms with Crippen LogP contribution in [0.4, 0.5) is 0 Å². The molecule has 0 saturated carbocycles. The minimum Gasteiger partial charge on any atom is -0.125 e. The number of rotatable bonds is 4. The van der Waals surface area contributed by atoms with Crippen LogP contribution >= 0.6 is 92.8 Å². The van der Waals surface area contributed by atoms with Crippen LogP contribution in [0.2, 0.25) is 0 Å². The predicted octanol–water partition coefficient (Wildman–Crippen LogP) is 5.86. The van der Waals surface area contributed by atoms with Crippen LogP contribution in [0.3, 0.4) is 0 Å². The van der Waals surface area contributed by atoms with Crippen LogP contribution < -0.4 is 0 Å². The second-order valence-corrected chi connectivity index (χ2v) is 4.54. The highest BCUT2D eigenvalue weighted by atomic mass is 35.5. The third-order valence-corrected chi connectivity index (χ3v) is 2.57. The summed E-state index contributed by atoms with van der Waals surface area (Å²) in [5, 5.41) is 0. The topological polar surface area (TPSA) is 0 Å². The summed E-state index contributed by atoms with van der Waals surface area (Å²) in [4.78, 5) is 0. The summed E-state index contributed by atoms with van der Waals surface area (Å²) in [7, 11) is 0. The van der Waals surface area contributed by atoms with Crippen molar-refractivity contribution in [2.75, 3.05) is 47.0 Å². The summed E-state index contributed by atoms with van der Waals surface area (Å²) in [6.45, 7) is 0. The highest BCUT2D eigenvalue weighted by Crippen LogP contribution is 1.76. The highest BCUT2D eigenvalue weighted by Gasteiger charge is 1.62. The molecule has 0 aromatic rings. The number of alkyl halides is 8. The third kappa shape index (κ3) is 95.9. The van der Waals surface area contributed by atoms with Crippen LogP contribution in [0.5, 0.6) is 0 Å². The molecular weight excluding hydrogens is 380 g/mol. The van der Waals surface area contributed by atoms with Crippen molar-refractivity contribution in [2.24, 2.45) is 0 Å². The van der Waals surface area contributed by atoms with Gasteiger partial charge in [-0.05, 0) is 0 Å². The summed E-state index contributed by atoms with van der Waals surface area (Å²) < 4.78 is 0. The lowest BCUT2D eigenvalue weighted by molar-refractivity contribution is 1.52. The Labute approximate surface area is 139 Å². The van der Waals surface area contributed by atoms with Gasteiger partial charge >= 0.3 is 0 Å². The molecule has 0 N–H and O–H groups in total. The Morgan fingerprint density at radius 2 is 0.312 bits per heavy atom. The first-order valence-electron chi connectivity index (χ1n) is 4.14. The van der Waals surface area contributed by atoms with Crippen LogP contribution in [-0.4, -0.2) is 47.0 Å². The van der Waals surface area contributed by atoms with Crippen molar-refractivity contribution < 1.29 is 0 Å². The normalized spacial score (nSPS) is 7.50. The number of hydrogen-bond donors (Lipinski definition) is 0. The lowest BCUT2D eigenvalue weighted by Crippen LogP contribution is -1.63. The number of halogens is 8. The Hall–Kier alpha value is 2.32. The fourth-order valence-electron chi connectivity index (χ4n) is 0. The lowest BCUT2D eigenvalue weighted by atomic mass is 11.0. The minimum absolute atomic E-state index is 0.557. The fourth-order valence-corrected chi connectivity index (χ4v) is 0. The van der Waals surface area contributed by atoms with E-state index in [1.165, 1.54) is 0 Å². The molecule has 0 aromatic carbocycles. The summed E-state index contributed by atoms with van der Waals surface area (Å²) >= 11 is 40.4. The van der Waals surface area contributed by atoms with Crippen molar-refractivity contribution in [1.29, 1.82) is 0 Å². The SMILES string of the molecule is ClCCCl.ClCCCl.ClCCCl.ClCCCl. The first-order chi connectivity index (χ1) is 7.66. The smallest absolute Gasteiger partial charge is 0.0359 e. The average Bonchev–Trinajstić information content (AvgIpc) is 2.39. The summed E-state index contributed by atoms with van der Waals surface area (Å²) in [6, 6.07) is 0. The van der Waals surface area contributed by atoms with Crippen LogP contribution in [0.15, 0.2) is 0 Å². The fraction of sp³-hybridized carbons (Fsp3) is 1.00. The largest absolute Gasteiger partial charge is 0.125 e. The van der Waals surface area contributed by atoms with E-state index < -0.39 is 0 Å². The van der Waals surface area contributed by atoms with Gasteiger partial charge in [0, 0.05) is 47.0 Å². The van der Waals surface area contributed by atoms with Gasteiger partial charge in [0.1, 0.15) is 0 Å². The molecule has 0 rings (SSSR count). The van der Waals surface area contributed by atoms with Crippen LogP contribution in [-0.2, 0) is 0 Å². The maximum absolute atomic E-state index is 5.05. The van der Waals surface area contributed by atoms with Crippen molar-refractivity contribution in [3.8, 4) is 0 Å². The zero-order chi connectivity index (χ0) is 13.7. The van der Waals surface area contributed by atoms with Gasteiger partial charge in [-0.1, -0.05) is 0 Å². The Morgan fingerprint density at radius 3 is 0.312 bits per heavy atom. The molecule has 0 unspecified atom stereocenters. The van der Waals surface area contributed by atoms with Gasteiger partial charge in [-0.15, -0.1) is 92.8 Å². The Balaban J connectivity index is -0.0000000600. The average molecular weight is 396 g/mol. The molecule has 8 heteroatoms. The zero-order valence-electron chi connectivity index (χ0n) is 8.68. The first-order valence-corrected chi connectivity index (χ1v) is 8.41. The minimum atomic E-state index is 0.557. The lowest BCUT2D eigenvalue weighted by Gasteiger charge is -1.63. The summed E-state index contributed by atoms with van der Waals surface area (Å²) in [5.41, 5.74) is 0. The second-order valence-electron chi connectivity index (χ2n) is 1.51. The van der Waals surface area contributed by atoms with E-state index >= 15 is 0 Å². The van der Waals surface area contributed by atoms with Crippen molar-refractivity contribution in [3.63, 3.8) is 0 Å². The Bertz CT molecular complexity index is 40.0. The monoisotopic (exact) mass is 392 g/mol. The molecule has 0 saturated heterocycles. The van der Waals surface area contributed by atoms with Gasteiger partial charge in [-0.3, -0.25) is 0 Å². The van der Waals surface area contributed by atoms with Gasteiger partial charge in [-0.25, -0.2) is 0 Å². The third-order valence-electron chi connectivity index (χ3n) is 0.286. The van der Waals surface area contributed by atoms with E-state index in [9.17, 15) is 0 Å². The van der Waals surface area contributed by atoms with E-state index in [0.717, 1.165) is 0 Å². The molecule has 0 aromatic heterocycles. The van der Waals surface area contributed by atoms with Gasteiger partial charge in [-0.2, -0.15) is 0 Å². The summed E-state index contributed by atoms with van der Waals surface area (Å²) in [6.07, 6.45) is 0. The molecule has 16 heavy (non-hydrogen) atoms. The molecule has 0 nitrogen and oxygen atoms in total. The Kier molecular flexibility index (Phi) is 72.6. The quantitative estimate of drug-likeness (QED) is 0.523. The van der Waals surface area contributed by atoms with Crippen molar-refractivity contribution in [3.05, 3.63) is 0 Å². The van der Waals surface area contributed by atoms with Gasteiger partial charge in [0.25, 0.3) is 0 Å². The van der Waals surface area contributed by atoms with Gasteiger partial charge in [0.05, 0.1) is 0 Å². The highest BCUT2D eigenvalue weighted by molar-refractivity contribution is 6.26. The van der Waals surface area contributed by atoms with E-state index in [4.69, 9.17) is 92.8 Å². The molecule has 0 spiro atoms. The maximum atomic E-state index is 5.05. The van der Waals surface area contributed by atoms with Crippen molar-refractivity contribution >= 4 is 92.8 Å². The van der Waals surface area contributed by atoms with E-state index in [1.807, 2.05) is 0 Å². The molecular formula is C8H16Cl8. The van der Waals surface area contributed by atoms with E-state index in [2.05, 4.69) is 0 Å². The van der Waals surface area contributed by atoms with Crippen molar-refractivity contribution in [2.45, 2.75) is 0 Å². The standard InChI is InChI=1S/4C2H4Cl2/c4*3-1-2-4/h4*1-2H2. The summed E-state index contributed by atoms with van der Waals surface area (Å²) in [5.74, 6) is 4.46. The van der Waals surface area contributed by atoms with E-state index in [1.54, 1.807) is 0 Å². The Morgan fingerprint density at radius 1 is 0.250 bits per heavy atom. The molecule has 0 aliphatic heterocycles. The molecule has 104 valence electrons. The second kappa shape index (κ2) is 43.3. The first kappa shape index (κ1) is 26.8. The maximum Gasteiger partial charge on any atom is 0.0359 e. The van der Waals surface area contributed by atoms with Crippen LogP contribution in [0.1, 0.15) is 0 Å². The molecule has 0 amide bonds. The van der Waals surface area contributed by atoms with Crippen molar-refractivity contribution in [1.82, 2.24) is 0 Å². The molecule has 0 aliphatic rings. The van der Waals surface area contributed by atoms with Gasteiger partial charge in [0.15, 0.2) is 0 Å². The zero-order valence-corrected chi connectivity index (χ0v) is 14.7. The molecule has 0 atom stereocenters. The molecule has 0 heterocycles.